The van der Waals surface area contributed by atoms with Gasteiger partial charge in [0.2, 0.25) is 0 Å². The second-order valence-corrected chi connectivity index (χ2v) is 7.00. The molecule has 0 saturated carbocycles. The summed E-state index contributed by atoms with van der Waals surface area (Å²) in [6, 6.07) is 17.6. The molecule has 2 N–H and O–H groups in total. The van der Waals surface area contributed by atoms with Crippen LogP contribution in [0.5, 0.6) is 0 Å². The van der Waals surface area contributed by atoms with Gasteiger partial charge in [-0.3, -0.25) is 14.4 Å². The lowest BCUT2D eigenvalue weighted by molar-refractivity contribution is 0.0697. The lowest BCUT2D eigenvalue weighted by Crippen LogP contribution is -2.46. The third kappa shape index (κ3) is 3.67. The van der Waals surface area contributed by atoms with Gasteiger partial charge in [-0.1, -0.05) is 30.3 Å². The Kier molecular flexibility index (Phi) is 4.93. The van der Waals surface area contributed by atoms with Crippen molar-refractivity contribution in [2.75, 3.05) is 13.1 Å². The average Bonchev–Trinajstić information content (AvgIpc) is 2.74. The maximum Gasteiger partial charge on any atom is 0.268 e. The van der Waals surface area contributed by atoms with Crippen molar-refractivity contribution < 1.29 is 9.59 Å². The highest BCUT2D eigenvalue weighted by molar-refractivity contribution is 5.95. The van der Waals surface area contributed by atoms with Crippen LogP contribution in [0.1, 0.15) is 33.7 Å². The molecule has 0 aliphatic carbocycles. The van der Waals surface area contributed by atoms with Gasteiger partial charge in [-0.05, 0) is 37.1 Å². The van der Waals surface area contributed by atoms with Crippen molar-refractivity contribution in [1.29, 1.82) is 0 Å². The van der Waals surface area contributed by atoms with Gasteiger partial charge in [-0.15, -0.1) is 0 Å². The molecule has 28 heavy (non-hydrogen) atoms. The number of amides is 2. The maximum atomic E-state index is 12.6. The normalized spacial score (nSPS) is 14.8. The fraction of sp³-hybridized carbons (Fsp3) is 0.227. The lowest BCUT2D eigenvalue weighted by Gasteiger charge is -2.32. The van der Waals surface area contributed by atoms with Gasteiger partial charge in [-0.25, -0.2) is 0 Å². The number of para-hydroxylation sites is 1. The zero-order valence-electron chi connectivity index (χ0n) is 15.4. The zero-order chi connectivity index (χ0) is 19.5. The standard InChI is InChI=1S/C22H21N3O3/c26-20-14-19(24-18-9-5-4-8-17(18)20)21(27)23-16-10-12-25(13-11-16)22(28)15-6-2-1-3-7-15/h1-9,14,16H,10-13H2,(H,23,27)(H,24,26). The van der Waals surface area contributed by atoms with Gasteiger partial charge >= 0.3 is 0 Å². The van der Waals surface area contributed by atoms with Crippen LogP contribution in [0.3, 0.4) is 0 Å². The van der Waals surface area contributed by atoms with Gasteiger partial charge in [0.25, 0.3) is 11.8 Å². The molecule has 1 aliphatic rings. The van der Waals surface area contributed by atoms with Gasteiger partial charge < -0.3 is 15.2 Å². The van der Waals surface area contributed by atoms with Crippen molar-refractivity contribution in [2.45, 2.75) is 18.9 Å². The molecule has 0 atom stereocenters. The first-order chi connectivity index (χ1) is 13.6. The van der Waals surface area contributed by atoms with E-state index in [0.29, 0.717) is 42.4 Å². The highest BCUT2D eigenvalue weighted by atomic mass is 16.2. The SMILES string of the molecule is O=C(NC1CCN(C(=O)c2ccccc2)CC1)c1cc(=O)c2ccccc2[nH]1. The molecule has 3 aromatic rings. The van der Waals surface area contributed by atoms with E-state index in [1.54, 1.807) is 18.2 Å². The summed E-state index contributed by atoms with van der Waals surface area (Å²) in [7, 11) is 0. The Morgan fingerprint density at radius 2 is 1.64 bits per heavy atom. The van der Waals surface area contributed by atoms with E-state index in [1.807, 2.05) is 41.3 Å². The number of hydrogen-bond donors (Lipinski definition) is 2. The van der Waals surface area contributed by atoms with Crippen molar-refractivity contribution in [1.82, 2.24) is 15.2 Å². The number of H-pyrrole nitrogens is 1. The van der Waals surface area contributed by atoms with Crippen molar-refractivity contribution >= 4 is 22.7 Å². The number of nitrogens with zero attached hydrogens (tertiary/aromatic N) is 1. The predicted octanol–water partition coefficient (Wildman–Crippen LogP) is 2.56. The van der Waals surface area contributed by atoms with Crippen LogP contribution in [0.15, 0.2) is 65.5 Å². The van der Waals surface area contributed by atoms with E-state index in [4.69, 9.17) is 0 Å². The van der Waals surface area contributed by atoms with Crippen molar-refractivity contribution in [3.63, 3.8) is 0 Å². The van der Waals surface area contributed by atoms with Crippen LogP contribution in [0.4, 0.5) is 0 Å². The number of nitrogens with one attached hydrogen (secondary N) is 2. The van der Waals surface area contributed by atoms with Crippen LogP contribution >= 0.6 is 0 Å². The highest BCUT2D eigenvalue weighted by Gasteiger charge is 2.25. The molecule has 0 radical (unpaired) electrons. The number of hydrogen-bond acceptors (Lipinski definition) is 3. The molecule has 2 aromatic carbocycles. The molecular formula is C22H21N3O3. The van der Waals surface area contributed by atoms with E-state index < -0.39 is 0 Å². The maximum absolute atomic E-state index is 12.6. The van der Waals surface area contributed by atoms with Gasteiger partial charge in [0, 0.05) is 41.7 Å². The molecular weight excluding hydrogens is 354 g/mol. The molecule has 2 amide bonds. The molecule has 2 heterocycles. The highest BCUT2D eigenvalue weighted by Crippen LogP contribution is 2.15. The number of carbonyl (C=O) groups excluding carboxylic acids is 2. The molecule has 1 aliphatic heterocycles. The summed E-state index contributed by atoms with van der Waals surface area (Å²) in [4.78, 5) is 42.1. The van der Waals surface area contributed by atoms with Crippen LogP contribution in [0.2, 0.25) is 0 Å². The minimum atomic E-state index is -0.296. The molecule has 6 heteroatoms. The summed E-state index contributed by atoms with van der Waals surface area (Å²) >= 11 is 0. The van der Waals surface area contributed by atoms with Gasteiger partial charge in [-0.2, -0.15) is 0 Å². The quantitative estimate of drug-likeness (QED) is 0.738. The Morgan fingerprint density at radius 3 is 2.39 bits per heavy atom. The van der Waals surface area contributed by atoms with Crippen LogP contribution in [0.25, 0.3) is 10.9 Å². The van der Waals surface area contributed by atoms with E-state index in [1.165, 1.54) is 6.07 Å². The van der Waals surface area contributed by atoms with Gasteiger partial charge in [0.05, 0.1) is 0 Å². The van der Waals surface area contributed by atoms with Gasteiger partial charge in [0.15, 0.2) is 5.43 Å². The molecule has 0 spiro atoms. The number of fused-ring (bicyclic) bond motifs is 1. The van der Waals surface area contributed by atoms with E-state index in [-0.39, 0.29) is 29.0 Å². The topological polar surface area (TPSA) is 82.3 Å². The molecule has 142 valence electrons. The molecule has 1 aromatic heterocycles. The van der Waals surface area contributed by atoms with E-state index >= 15 is 0 Å². The summed E-state index contributed by atoms with van der Waals surface area (Å²) in [5.74, 6) is -0.278. The zero-order valence-corrected chi connectivity index (χ0v) is 15.4. The monoisotopic (exact) mass is 375 g/mol. The number of aromatic nitrogens is 1. The Balaban J connectivity index is 1.39. The second-order valence-electron chi connectivity index (χ2n) is 7.00. The summed E-state index contributed by atoms with van der Waals surface area (Å²) in [6.07, 6.45) is 1.37. The number of benzene rings is 2. The van der Waals surface area contributed by atoms with Crippen LogP contribution in [-0.4, -0.2) is 40.8 Å². The smallest absolute Gasteiger partial charge is 0.268 e. The minimum absolute atomic E-state index is 0.0178. The van der Waals surface area contributed by atoms with E-state index in [9.17, 15) is 14.4 Å². The molecule has 0 unspecified atom stereocenters. The van der Waals surface area contributed by atoms with Crippen LogP contribution in [0, 0.1) is 0 Å². The lowest BCUT2D eigenvalue weighted by atomic mass is 10.0. The number of rotatable bonds is 3. The first kappa shape index (κ1) is 18.0. The number of likely N-dealkylation sites (tertiary alicyclic amines) is 1. The summed E-state index contributed by atoms with van der Waals surface area (Å²) in [5, 5.41) is 3.54. The summed E-state index contributed by atoms with van der Waals surface area (Å²) < 4.78 is 0. The number of pyridine rings is 1. The molecule has 4 rings (SSSR count). The molecule has 1 fully saturated rings. The fourth-order valence-corrected chi connectivity index (χ4v) is 3.57. The first-order valence-electron chi connectivity index (χ1n) is 9.39. The molecule has 0 bridgehead atoms. The van der Waals surface area contributed by atoms with Crippen LogP contribution in [-0.2, 0) is 0 Å². The molecule has 6 nitrogen and oxygen atoms in total. The number of aromatic amines is 1. The third-order valence-corrected chi connectivity index (χ3v) is 5.12. The fourth-order valence-electron chi connectivity index (χ4n) is 3.57. The average molecular weight is 375 g/mol. The van der Waals surface area contributed by atoms with Crippen molar-refractivity contribution in [3.05, 3.63) is 82.1 Å². The Morgan fingerprint density at radius 1 is 0.964 bits per heavy atom. The van der Waals surface area contributed by atoms with E-state index in [0.717, 1.165) is 0 Å². The van der Waals surface area contributed by atoms with Crippen LogP contribution < -0.4 is 10.7 Å². The van der Waals surface area contributed by atoms with E-state index in [2.05, 4.69) is 10.3 Å². The predicted molar refractivity (Wildman–Crippen MR) is 107 cm³/mol. The minimum Gasteiger partial charge on any atom is -0.350 e. The second kappa shape index (κ2) is 7.68. The van der Waals surface area contributed by atoms with Crippen molar-refractivity contribution in [3.8, 4) is 0 Å². The largest absolute Gasteiger partial charge is 0.350 e. The third-order valence-electron chi connectivity index (χ3n) is 5.12. The number of piperidine rings is 1. The summed E-state index contributed by atoms with van der Waals surface area (Å²) in [6.45, 7) is 1.18. The van der Waals surface area contributed by atoms with Gasteiger partial charge in [0.1, 0.15) is 5.69 Å². The first-order valence-corrected chi connectivity index (χ1v) is 9.39. The molecule has 1 saturated heterocycles. The Bertz CT molecular complexity index is 1070. The number of carbonyl (C=O) groups is 2. The Labute approximate surface area is 162 Å². The Hall–Kier alpha value is -3.41. The summed E-state index contributed by atoms with van der Waals surface area (Å²) in [5.41, 5.74) is 1.40. The van der Waals surface area contributed by atoms with Crippen molar-refractivity contribution in [2.24, 2.45) is 0 Å².